The van der Waals surface area contributed by atoms with Gasteiger partial charge in [-0.15, -0.1) is 0 Å². The molecule has 0 saturated carbocycles. The Morgan fingerprint density at radius 1 is 1.47 bits per heavy atom. The largest absolute Gasteiger partial charge is 0.458 e. The lowest BCUT2D eigenvalue weighted by Gasteiger charge is -2.28. The van der Waals surface area contributed by atoms with Crippen LogP contribution in [0.3, 0.4) is 0 Å². The predicted molar refractivity (Wildman–Crippen MR) is 79.8 cm³/mol. The van der Waals surface area contributed by atoms with Crippen LogP contribution in [-0.2, 0) is 9.53 Å². The van der Waals surface area contributed by atoms with Crippen LogP contribution in [0.4, 0.5) is 0 Å². The number of rotatable bonds is 1. The van der Waals surface area contributed by atoms with Gasteiger partial charge in [0.2, 0.25) is 0 Å². The molecule has 0 fully saturated rings. The maximum Gasteiger partial charge on any atom is 0.303 e. The van der Waals surface area contributed by atoms with Crippen molar-refractivity contribution in [2.45, 2.75) is 59.5 Å². The lowest BCUT2D eigenvalue weighted by Crippen LogP contribution is -2.25. The van der Waals surface area contributed by atoms with Gasteiger partial charge >= 0.3 is 5.97 Å². The van der Waals surface area contributed by atoms with Crippen LogP contribution < -0.4 is 0 Å². The predicted octanol–water partition coefficient (Wildman–Crippen LogP) is 4.58. The number of allylic oxidation sites excluding steroid dienone is 4. The zero-order chi connectivity index (χ0) is 14.5. The smallest absolute Gasteiger partial charge is 0.303 e. The Morgan fingerprint density at radius 3 is 2.79 bits per heavy atom. The Labute approximate surface area is 117 Å². The highest BCUT2D eigenvalue weighted by Crippen LogP contribution is 2.30. The summed E-state index contributed by atoms with van der Waals surface area (Å²) in [6.07, 6.45) is 10.1. The summed E-state index contributed by atoms with van der Waals surface area (Å²) in [4.78, 5) is 11.2. The van der Waals surface area contributed by atoms with Crippen LogP contribution in [-0.4, -0.2) is 12.1 Å². The monoisotopic (exact) mass is 262 g/mol. The van der Waals surface area contributed by atoms with Crippen molar-refractivity contribution in [3.05, 3.63) is 36.0 Å². The zero-order valence-electron chi connectivity index (χ0n) is 12.7. The Kier molecular flexibility index (Phi) is 5.59. The molecule has 0 bridgehead atoms. The van der Waals surface area contributed by atoms with Crippen LogP contribution in [0.5, 0.6) is 0 Å². The molecule has 1 rings (SSSR count). The van der Waals surface area contributed by atoms with Crippen molar-refractivity contribution in [1.82, 2.24) is 0 Å². The summed E-state index contributed by atoms with van der Waals surface area (Å²) in [5.41, 5.74) is 2.40. The standard InChI is InChI=1S/C17H26O2/c1-13-8-6-10-14(2)16(19-15(3)18)12-17(4,5)11-7-9-13/h7-8,11,16H,2,6,9-10,12H2,1,3-5H3/b11-7+,13-8+/t16-/m0/s1. The molecule has 0 spiro atoms. The van der Waals surface area contributed by atoms with E-state index in [0.717, 1.165) is 31.3 Å². The first-order valence-corrected chi connectivity index (χ1v) is 6.98. The molecule has 0 aromatic rings. The molecule has 0 amide bonds. The molecule has 0 aromatic carbocycles. The highest BCUT2D eigenvalue weighted by molar-refractivity contribution is 5.66. The van der Waals surface area contributed by atoms with Crippen molar-refractivity contribution in [1.29, 1.82) is 0 Å². The first-order valence-electron chi connectivity index (χ1n) is 6.98. The molecule has 0 aromatic heterocycles. The fourth-order valence-electron chi connectivity index (χ4n) is 2.33. The lowest BCUT2D eigenvalue weighted by atomic mass is 9.83. The average Bonchev–Trinajstić information content (AvgIpc) is 2.27. The van der Waals surface area contributed by atoms with Gasteiger partial charge in [-0.05, 0) is 43.6 Å². The van der Waals surface area contributed by atoms with Gasteiger partial charge in [-0.3, -0.25) is 4.79 Å². The first-order chi connectivity index (χ1) is 8.80. The molecule has 0 unspecified atom stereocenters. The van der Waals surface area contributed by atoms with Gasteiger partial charge in [0.1, 0.15) is 6.10 Å². The van der Waals surface area contributed by atoms with E-state index >= 15 is 0 Å². The third-order valence-electron chi connectivity index (χ3n) is 3.44. The Bertz CT molecular complexity index is 399. The van der Waals surface area contributed by atoms with Crippen molar-refractivity contribution >= 4 is 5.97 Å². The minimum absolute atomic E-state index is 0.00762. The van der Waals surface area contributed by atoms with E-state index < -0.39 is 0 Å². The number of hydrogen-bond acceptors (Lipinski definition) is 2. The van der Waals surface area contributed by atoms with E-state index in [1.54, 1.807) is 0 Å². The summed E-state index contributed by atoms with van der Waals surface area (Å²) < 4.78 is 5.45. The lowest BCUT2D eigenvalue weighted by molar-refractivity contribution is -0.145. The highest BCUT2D eigenvalue weighted by atomic mass is 16.5. The van der Waals surface area contributed by atoms with E-state index in [9.17, 15) is 4.79 Å². The molecule has 19 heavy (non-hydrogen) atoms. The molecular formula is C17H26O2. The van der Waals surface area contributed by atoms with Crippen molar-refractivity contribution in [3.8, 4) is 0 Å². The summed E-state index contributed by atoms with van der Waals surface area (Å²) in [6, 6.07) is 0. The topological polar surface area (TPSA) is 26.3 Å². The molecule has 0 N–H and O–H groups in total. The third-order valence-corrected chi connectivity index (χ3v) is 3.44. The van der Waals surface area contributed by atoms with Gasteiger partial charge in [0.15, 0.2) is 0 Å². The number of carbonyl (C=O) groups excluding carboxylic acids is 1. The number of ether oxygens (including phenoxy) is 1. The molecule has 1 atom stereocenters. The van der Waals surface area contributed by atoms with Crippen LogP contribution in [0.2, 0.25) is 0 Å². The van der Waals surface area contributed by atoms with Gasteiger partial charge in [0, 0.05) is 6.92 Å². The second-order valence-electron chi connectivity index (χ2n) is 6.14. The van der Waals surface area contributed by atoms with Gasteiger partial charge in [0.05, 0.1) is 0 Å². The van der Waals surface area contributed by atoms with Crippen LogP contribution in [0.15, 0.2) is 36.0 Å². The van der Waals surface area contributed by atoms with Crippen LogP contribution in [0.25, 0.3) is 0 Å². The number of esters is 1. The van der Waals surface area contributed by atoms with Crippen molar-refractivity contribution in [3.63, 3.8) is 0 Å². The van der Waals surface area contributed by atoms with E-state index in [1.165, 1.54) is 12.5 Å². The molecule has 0 heterocycles. The molecular weight excluding hydrogens is 236 g/mol. The van der Waals surface area contributed by atoms with E-state index in [0.29, 0.717) is 0 Å². The van der Waals surface area contributed by atoms with Crippen molar-refractivity contribution in [2.24, 2.45) is 5.41 Å². The SMILES string of the molecule is C=C1CC/C=C(\C)C/C=C/C(C)(C)C[C@@H]1OC(C)=O. The molecule has 0 radical (unpaired) electrons. The summed E-state index contributed by atoms with van der Waals surface area (Å²) in [5.74, 6) is -0.229. The van der Waals surface area contributed by atoms with E-state index in [2.05, 4.69) is 45.6 Å². The molecule has 2 heteroatoms. The summed E-state index contributed by atoms with van der Waals surface area (Å²) in [7, 11) is 0. The number of hydrogen-bond donors (Lipinski definition) is 0. The van der Waals surface area contributed by atoms with Gasteiger partial charge in [-0.1, -0.05) is 44.2 Å². The van der Waals surface area contributed by atoms with Gasteiger partial charge in [0.25, 0.3) is 0 Å². The van der Waals surface area contributed by atoms with E-state index in [4.69, 9.17) is 4.74 Å². The zero-order valence-corrected chi connectivity index (χ0v) is 12.7. The van der Waals surface area contributed by atoms with Crippen molar-refractivity contribution in [2.75, 3.05) is 0 Å². The van der Waals surface area contributed by atoms with Crippen LogP contribution in [0, 0.1) is 5.41 Å². The summed E-state index contributed by atoms with van der Waals surface area (Å²) in [5, 5.41) is 0. The van der Waals surface area contributed by atoms with Crippen LogP contribution >= 0.6 is 0 Å². The number of carbonyl (C=O) groups is 1. The minimum atomic E-state index is -0.229. The molecule has 0 aliphatic heterocycles. The quantitative estimate of drug-likeness (QED) is 0.511. The normalized spacial score (nSPS) is 28.7. The average molecular weight is 262 g/mol. The van der Waals surface area contributed by atoms with Crippen molar-refractivity contribution < 1.29 is 9.53 Å². The van der Waals surface area contributed by atoms with Gasteiger partial charge < -0.3 is 4.74 Å². The second-order valence-corrected chi connectivity index (χ2v) is 6.14. The fourth-order valence-corrected chi connectivity index (χ4v) is 2.33. The Morgan fingerprint density at radius 2 is 2.16 bits per heavy atom. The molecule has 1 aliphatic carbocycles. The Balaban J connectivity index is 2.92. The second kappa shape index (κ2) is 6.74. The van der Waals surface area contributed by atoms with E-state index in [-0.39, 0.29) is 17.5 Å². The van der Waals surface area contributed by atoms with Crippen LogP contribution in [0.1, 0.15) is 53.4 Å². The van der Waals surface area contributed by atoms with Gasteiger partial charge in [-0.2, -0.15) is 0 Å². The molecule has 2 nitrogen and oxygen atoms in total. The first kappa shape index (κ1) is 15.7. The minimum Gasteiger partial charge on any atom is -0.458 e. The molecule has 1 aliphatic rings. The molecule has 106 valence electrons. The summed E-state index contributed by atoms with van der Waals surface area (Å²) >= 11 is 0. The third kappa shape index (κ3) is 5.91. The van der Waals surface area contributed by atoms with Gasteiger partial charge in [-0.25, -0.2) is 0 Å². The summed E-state index contributed by atoms with van der Waals surface area (Å²) in [6.45, 7) is 12.1. The Hall–Kier alpha value is -1.31. The maximum atomic E-state index is 11.2. The highest BCUT2D eigenvalue weighted by Gasteiger charge is 2.25. The maximum absolute atomic E-state index is 11.2. The van der Waals surface area contributed by atoms with E-state index in [1.807, 2.05) is 0 Å². The fraction of sp³-hybridized carbons (Fsp3) is 0.588. The molecule has 0 saturated heterocycles.